The van der Waals surface area contributed by atoms with Gasteiger partial charge in [0.15, 0.2) is 0 Å². The van der Waals surface area contributed by atoms with E-state index in [0.717, 1.165) is 19.1 Å². The maximum atomic E-state index is 13.0. The van der Waals surface area contributed by atoms with Gasteiger partial charge in [0.1, 0.15) is 12.0 Å². The van der Waals surface area contributed by atoms with Crippen LogP contribution in [0.5, 0.6) is 0 Å². The van der Waals surface area contributed by atoms with Gasteiger partial charge >= 0.3 is 11.8 Å². The molecule has 0 unspecified atom stereocenters. The molecular formula is C20H23N5O5. The van der Waals surface area contributed by atoms with Crippen molar-refractivity contribution in [2.75, 3.05) is 11.9 Å². The van der Waals surface area contributed by atoms with E-state index in [1.54, 1.807) is 29.2 Å². The Kier molecular flexibility index (Phi) is 5.30. The van der Waals surface area contributed by atoms with E-state index in [4.69, 9.17) is 0 Å². The number of carbonyl (C=O) groups is 3. The van der Waals surface area contributed by atoms with E-state index in [0.29, 0.717) is 24.2 Å². The monoisotopic (exact) mass is 413 g/mol. The summed E-state index contributed by atoms with van der Waals surface area (Å²) < 4.78 is 4.59. The van der Waals surface area contributed by atoms with Crippen LogP contribution in [0.15, 0.2) is 39.7 Å². The molecule has 0 spiro atoms. The molecule has 1 saturated heterocycles. The second kappa shape index (κ2) is 8.05. The van der Waals surface area contributed by atoms with Crippen LogP contribution in [-0.4, -0.2) is 52.4 Å². The standard InChI is InChI=1S/C20H23N5O5/c1-11-15(23-17(26)16-10-30-20(29)24-16)7-8-25(11)18(27)12-3-2-4-14(9-12)22-19(28)21-13-5-6-13/h2-4,9-11,13,15H,5-8H2,1H3,(H,23,26)(H,24,29)(H2,21,22,28)/t11-,15+/m1/s1. The first-order chi connectivity index (χ1) is 14.4. The first-order valence-corrected chi connectivity index (χ1v) is 9.88. The molecule has 0 bridgehead atoms. The lowest BCUT2D eigenvalue weighted by Crippen LogP contribution is -2.45. The minimum absolute atomic E-state index is 0.0419. The molecule has 4 rings (SSSR count). The SMILES string of the molecule is C[C@@H]1[C@@H](NC(=O)c2coc(=O)[nH]2)CCN1C(=O)c1cccc(NC(=O)NC2CC2)c1. The normalized spacial score (nSPS) is 20.6. The third-order valence-electron chi connectivity index (χ3n) is 5.38. The number of nitrogens with one attached hydrogen (secondary N) is 4. The van der Waals surface area contributed by atoms with Crippen molar-refractivity contribution >= 4 is 23.5 Å². The molecule has 30 heavy (non-hydrogen) atoms. The highest BCUT2D eigenvalue weighted by molar-refractivity contribution is 5.97. The fraction of sp³-hybridized carbons (Fsp3) is 0.400. The largest absolute Gasteiger partial charge is 0.416 e. The van der Waals surface area contributed by atoms with E-state index in [-0.39, 0.29) is 35.8 Å². The summed E-state index contributed by atoms with van der Waals surface area (Å²) in [7, 11) is 0. The molecule has 10 nitrogen and oxygen atoms in total. The van der Waals surface area contributed by atoms with Crippen molar-refractivity contribution in [2.24, 2.45) is 0 Å². The quantitative estimate of drug-likeness (QED) is 0.585. The number of hydrogen-bond donors (Lipinski definition) is 4. The molecule has 1 aromatic heterocycles. The van der Waals surface area contributed by atoms with E-state index in [9.17, 15) is 19.2 Å². The molecule has 2 fully saturated rings. The molecule has 2 heterocycles. The van der Waals surface area contributed by atoms with Crippen molar-refractivity contribution in [2.45, 2.75) is 44.3 Å². The van der Waals surface area contributed by atoms with Crippen LogP contribution in [0.1, 0.15) is 47.0 Å². The van der Waals surface area contributed by atoms with Crippen molar-refractivity contribution in [1.29, 1.82) is 0 Å². The van der Waals surface area contributed by atoms with Crippen LogP contribution >= 0.6 is 0 Å². The van der Waals surface area contributed by atoms with E-state index in [1.807, 2.05) is 6.92 Å². The first-order valence-electron chi connectivity index (χ1n) is 9.88. The molecule has 4 amide bonds. The molecule has 1 saturated carbocycles. The number of oxazole rings is 1. The van der Waals surface area contributed by atoms with Gasteiger partial charge in [-0.15, -0.1) is 0 Å². The number of amides is 4. The fourth-order valence-corrected chi connectivity index (χ4v) is 3.53. The number of rotatable bonds is 5. The Labute approximate surface area is 172 Å². The van der Waals surface area contributed by atoms with E-state index >= 15 is 0 Å². The van der Waals surface area contributed by atoms with Crippen LogP contribution in [0.3, 0.4) is 0 Å². The van der Waals surface area contributed by atoms with Crippen LogP contribution in [0.4, 0.5) is 10.5 Å². The summed E-state index contributed by atoms with van der Waals surface area (Å²) in [6, 6.07) is 6.25. The van der Waals surface area contributed by atoms with Gasteiger partial charge in [0.2, 0.25) is 0 Å². The van der Waals surface area contributed by atoms with Gasteiger partial charge in [0.25, 0.3) is 11.8 Å². The van der Waals surface area contributed by atoms with Gasteiger partial charge in [0.05, 0.1) is 6.04 Å². The van der Waals surface area contributed by atoms with E-state index in [1.165, 1.54) is 0 Å². The average Bonchev–Trinajstić information content (AvgIpc) is 3.30. The molecule has 2 aliphatic rings. The molecule has 1 aromatic carbocycles. The number of aromatic amines is 1. The topological polar surface area (TPSA) is 137 Å². The fourth-order valence-electron chi connectivity index (χ4n) is 3.53. The molecule has 158 valence electrons. The van der Waals surface area contributed by atoms with Crippen molar-refractivity contribution in [1.82, 2.24) is 20.5 Å². The molecule has 1 aliphatic heterocycles. The van der Waals surface area contributed by atoms with Crippen molar-refractivity contribution in [3.05, 3.63) is 52.3 Å². The summed E-state index contributed by atoms with van der Waals surface area (Å²) in [5.74, 6) is -1.34. The van der Waals surface area contributed by atoms with Crippen LogP contribution in [0, 0.1) is 0 Å². The third kappa shape index (κ3) is 4.37. The Morgan fingerprint density at radius 3 is 2.67 bits per heavy atom. The number of urea groups is 1. The Bertz CT molecular complexity index is 1020. The second-order valence-corrected chi connectivity index (χ2v) is 7.62. The predicted octanol–water partition coefficient (Wildman–Crippen LogP) is 1.28. The Balaban J connectivity index is 1.38. The van der Waals surface area contributed by atoms with Crippen LogP contribution < -0.4 is 21.7 Å². The zero-order valence-corrected chi connectivity index (χ0v) is 16.4. The van der Waals surface area contributed by atoms with Gasteiger partial charge in [-0.25, -0.2) is 9.59 Å². The lowest BCUT2D eigenvalue weighted by molar-refractivity contribution is 0.0728. The highest BCUT2D eigenvalue weighted by Gasteiger charge is 2.35. The molecule has 4 N–H and O–H groups in total. The van der Waals surface area contributed by atoms with E-state index in [2.05, 4.69) is 25.4 Å². The Hall–Kier alpha value is -3.56. The molecule has 2 atom stereocenters. The number of H-pyrrole nitrogens is 1. The van der Waals surface area contributed by atoms with Crippen molar-refractivity contribution in [3.8, 4) is 0 Å². The molecular weight excluding hydrogens is 390 g/mol. The van der Waals surface area contributed by atoms with Crippen molar-refractivity contribution < 1.29 is 18.8 Å². The molecule has 10 heteroatoms. The number of aromatic nitrogens is 1. The number of anilines is 1. The van der Waals surface area contributed by atoms with Gasteiger partial charge in [0, 0.05) is 29.9 Å². The highest BCUT2D eigenvalue weighted by atomic mass is 16.4. The average molecular weight is 413 g/mol. The number of carbonyl (C=O) groups excluding carboxylic acids is 3. The van der Waals surface area contributed by atoms with E-state index < -0.39 is 11.7 Å². The van der Waals surface area contributed by atoms with Crippen molar-refractivity contribution in [3.63, 3.8) is 0 Å². The highest BCUT2D eigenvalue weighted by Crippen LogP contribution is 2.23. The minimum Gasteiger partial charge on any atom is -0.416 e. The summed E-state index contributed by atoms with van der Waals surface area (Å²) in [5.41, 5.74) is 1.04. The zero-order chi connectivity index (χ0) is 21.3. The summed E-state index contributed by atoms with van der Waals surface area (Å²) in [4.78, 5) is 52.2. The Morgan fingerprint density at radius 2 is 1.97 bits per heavy atom. The van der Waals surface area contributed by atoms with Crippen LogP contribution in [-0.2, 0) is 0 Å². The molecule has 1 aliphatic carbocycles. The summed E-state index contributed by atoms with van der Waals surface area (Å²) >= 11 is 0. The maximum Gasteiger partial charge on any atom is 0.416 e. The van der Waals surface area contributed by atoms with Gasteiger partial charge in [-0.1, -0.05) is 6.07 Å². The molecule has 0 radical (unpaired) electrons. The number of likely N-dealkylation sites (tertiary alicyclic amines) is 1. The number of nitrogens with zero attached hydrogens (tertiary/aromatic N) is 1. The van der Waals surface area contributed by atoms with Crippen LogP contribution in [0.25, 0.3) is 0 Å². The lowest BCUT2D eigenvalue weighted by Gasteiger charge is -2.25. The zero-order valence-electron chi connectivity index (χ0n) is 16.4. The van der Waals surface area contributed by atoms with Crippen LogP contribution in [0.2, 0.25) is 0 Å². The summed E-state index contributed by atoms with van der Waals surface area (Å²) in [6.07, 6.45) is 3.64. The lowest BCUT2D eigenvalue weighted by atomic mass is 10.1. The third-order valence-corrected chi connectivity index (χ3v) is 5.38. The minimum atomic E-state index is -0.698. The Morgan fingerprint density at radius 1 is 1.17 bits per heavy atom. The van der Waals surface area contributed by atoms with Gasteiger partial charge < -0.3 is 25.3 Å². The van der Waals surface area contributed by atoms with Gasteiger partial charge in [-0.2, -0.15) is 0 Å². The maximum absolute atomic E-state index is 13.0. The summed E-state index contributed by atoms with van der Waals surface area (Å²) in [5, 5.41) is 8.42. The van der Waals surface area contributed by atoms with Gasteiger partial charge in [-0.05, 0) is 44.4 Å². The first kappa shape index (κ1) is 19.7. The number of hydrogen-bond acceptors (Lipinski definition) is 5. The number of benzene rings is 1. The smallest absolute Gasteiger partial charge is 0.416 e. The predicted molar refractivity (Wildman–Crippen MR) is 107 cm³/mol. The van der Waals surface area contributed by atoms with Gasteiger partial charge in [-0.3, -0.25) is 14.6 Å². The second-order valence-electron chi connectivity index (χ2n) is 7.62. The summed E-state index contributed by atoms with van der Waals surface area (Å²) in [6.45, 7) is 2.34. The molecule has 2 aromatic rings.